The van der Waals surface area contributed by atoms with Gasteiger partial charge in [-0.3, -0.25) is 19.4 Å². The van der Waals surface area contributed by atoms with Crippen LogP contribution < -0.4 is 9.80 Å². The van der Waals surface area contributed by atoms with Crippen LogP contribution in [0.4, 0.5) is 22.7 Å². The predicted octanol–water partition coefficient (Wildman–Crippen LogP) is 6.81. The molecule has 2 saturated heterocycles. The second-order valence-electron chi connectivity index (χ2n) is 9.01. The molecule has 2 aliphatic heterocycles. The van der Waals surface area contributed by atoms with E-state index in [2.05, 4.69) is 24.3 Å². The zero-order chi connectivity index (χ0) is 26.6. The van der Waals surface area contributed by atoms with Gasteiger partial charge in [0.05, 0.1) is 34.3 Å². The molecule has 6 nitrogen and oxygen atoms in total. The number of hydrogen-bond donors (Lipinski definition) is 0. The molecule has 0 aliphatic carbocycles. The third kappa shape index (κ3) is 5.67. The zero-order valence-corrected chi connectivity index (χ0v) is 22.6. The molecule has 2 amide bonds. The van der Waals surface area contributed by atoms with Gasteiger partial charge in [-0.2, -0.15) is 0 Å². The number of thioether (sulfide) groups is 2. The van der Waals surface area contributed by atoms with Crippen LogP contribution in [0.5, 0.6) is 0 Å². The van der Waals surface area contributed by atoms with Crippen LogP contribution in [0.25, 0.3) is 0 Å². The van der Waals surface area contributed by atoms with E-state index in [1.807, 2.05) is 84.9 Å². The Balaban J connectivity index is 1.13. The van der Waals surface area contributed by atoms with Gasteiger partial charge in [-0.25, -0.2) is 9.98 Å². The number of carbonyl (C=O) groups excluding carboxylic acids is 2. The van der Waals surface area contributed by atoms with E-state index < -0.39 is 0 Å². The van der Waals surface area contributed by atoms with Crippen molar-refractivity contribution in [3.8, 4) is 0 Å². The van der Waals surface area contributed by atoms with Gasteiger partial charge in [-0.1, -0.05) is 84.2 Å². The molecule has 0 spiro atoms. The molecule has 6 rings (SSSR count). The van der Waals surface area contributed by atoms with Crippen LogP contribution in [0.15, 0.2) is 119 Å². The van der Waals surface area contributed by atoms with E-state index in [0.29, 0.717) is 21.8 Å². The van der Waals surface area contributed by atoms with Gasteiger partial charge in [-0.15, -0.1) is 0 Å². The number of nitrogens with zero attached hydrogens (tertiary/aromatic N) is 4. The highest BCUT2D eigenvalue weighted by atomic mass is 32.2. The molecule has 2 fully saturated rings. The molecule has 0 saturated carbocycles. The number of anilines is 2. The molecule has 2 aliphatic rings. The highest BCUT2D eigenvalue weighted by Gasteiger charge is 2.30. The van der Waals surface area contributed by atoms with Gasteiger partial charge < -0.3 is 0 Å². The lowest BCUT2D eigenvalue weighted by Crippen LogP contribution is -2.28. The van der Waals surface area contributed by atoms with Gasteiger partial charge in [0.2, 0.25) is 11.8 Å². The van der Waals surface area contributed by atoms with E-state index in [1.165, 1.54) is 34.7 Å². The average Bonchev–Trinajstić information content (AvgIpc) is 3.52. The number of amides is 2. The maximum atomic E-state index is 12.4. The lowest BCUT2D eigenvalue weighted by molar-refractivity contribution is -0.115. The molecular formula is C31H24N4O2S2. The van der Waals surface area contributed by atoms with Crippen LogP contribution >= 0.6 is 23.5 Å². The summed E-state index contributed by atoms with van der Waals surface area (Å²) in [4.78, 5) is 37.8. The van der Waals surface area contributed by atoms with Crippen LogP contribution in [0, 0.1) is 0 Å². The van der Waals surface area contributed by atoms with Gasteiger partial charge in [0.15, 0.2) is 10.3 Å². The maximum Gasteiger partial charge on any atom is 0.243 e. The monoisotopic (exact) mass is 548 g/mol. The lowest BCUT2D eigenvalue weighted by atomic mass is 10.0. The van der Waals surface area contributed by atoms with E-state index in [9.17, 15) is 9.59 Å². The molecule has 2 heterocycles. The number of rotatable bonds is 6. The smallest absolute Gasteiger partial charge is 0.243 e. The molecule has 4 aromatic rings. The molecule has 0 bridgehead atoms. The number of para-hydroxylation sites is 2. The topological polar surface area (TPSA) is 65.3 Å². The first-order chi connectivity index (χ1) is 19.1. The van der Waals surface area contributed by atoms with Crippen molar-refractivity contribution in [1.82, 2.24) is 0 Å². The maximum absolute atomic E-state index is 12.4. The van der Waals surface area contributed by atoms with Crippen LogP contribution in [-0.2, 0) is 16.0 Å². The van der Waals surface area contributed by atoms with Crippen molar-refractivity contribution < 1.29 is 9.59 Å². The highest BCUT2D eigenvalue weighted by molar-refractivity contribution is 8.15. The molecule has 0 radical (unpaired) electrons. The minimum Gasteiger partial charge on any atom is -0.273 e. The van der Waals surface area contributed by atoms with Crippen molar-refractivity contribution in [1.29, 1.82) is 0 Å². The van der Waals surface area contributed by atoms with Crippen molar-refractivity contribution in [3.05, 3.63) is 120 Å². The summed E-state index contributed by atoms with van der Waals surface area (Å²) in [6, 6.07) is 35.5. The number of aliphatic imine (C=N–C) groups is 2. The van der Waals surface area contributed by atoms with Crippen molar-refractivity contribution in [2.75, 3.05) is 21.3 Å². The fourth-order valence-corrected chi connectivity index (χ4v) is 6.16. The summed E-state index contributed by atoms with van der Waals surface area (Å²) in [6.07, 6.45) is 0.778. The Morgan fingerprint density at radius 3 is 1.31 bits per heavy atom. The Morgan fingerprint density at radius 1 is 0.538 bits per heavy atom. The number of amidine groups is 2. The fourth-order valence-electron chi connectivity index (χ4n) is 4.38. The molecule has 0 N–H and O–H groups in total. The van der Waals surface area contributed by atoms with Crippen molar-refractivity contribution >= 4 is 68.4 Å². The Kier molecular flexibility index (Phi) is 7.29. The molecule has 0 atom stereocenters. The number of benzene rings is 4. The molecular weight excluding hydrogens is 525 g/mol. The van der Waals surface area contributed by atoms with Crippen molar-refractivity contribution in [2.45, 2.75) is 6.42 Å². The molecule has 0 unspecified atom stereocenters. The first kappa shape index (κ1) is 25.2. The third-order valence-electron chi connectivity index (χ3n) is 6.29. The molecule has 0 aromatic heterocycles. The summed E-state index contributed by atoms with van der Waals surface area (Å²) in [5.41, 5.74) is 5.63. The minimum absolute atomic E-state index is 0.0426. The Labute approximate surface area is 235 Å². The van der Waals surface area contributed by atoms with Gasteiger partial charge >= 0.3 is 0 Å². The standard InChI is InChI=1S/C31H24N4O2S2/c36-28-20-38-30(34(28)26-7-3-1-4-8-26)32-24-15-11-22(12-16-24)19-23-13-17-25(18-14-23)33-31-35(29(37)21-39-31)27-9-5-2-6-10-27/h1-18H,19-21H2. The third-order valence-corrected chi connectivity index (χ3v) is 8.14. The van der Waals surface area contributed by atoms with Crippen LogP contribution in [0.1, 0.15) is 11.1 Å². The lowest BCUT2D eigenvalue weighted by Gasteiger charge is -2.16. The summed E-state index contributed by atoms with van der Waals surface area (Å²) in [7, 11) is 0. The SMILES string of the molecule is O=C1CSC(=Nc2ccc(Cc3ccc(N=C4SCC(=O)N4c4ccccc4)cc3)cc2)N1c1ccccc1. The molecule has 4 aromatic carbocycles. The van der Waals surface area contributed by atoms with E-state index in [-0.39, 0.29) is 11.8 Å². The van der Waals surface area contributed by atoms with Crippen molar-refractivity contribution in [2.24, 2.45) is 9.98 Å². The van der Waals surface area contributed by atoms with E-state index in [4.69, 9.17) is 9.98 Å². The summed E-state index contributed by atoms with van der Waals surface area (Å²) in [6.45, 7) is 0. The largest absolute Gasteiger partial charge is 0.273 e. The van der Waals surface area contributed by atoms with Gasteiger partial charge in [0, 0.05) is 0 Å². The highest BCUT2D eigenvalue weighted by Crippen LogP contribution is 2.30. The zero-order valence-electron chi connectivity index (χ0n) is 20.9. The Bertz CT molecular complexity index is 1440. The second kappa shape index (κ2) is 11.3. The average molecular weight is 549 g/mol. The fraction of sp³-hybridized carbons (Fsp3) is 0.0968. The van der Waals surface area contributed by atoms with Gasteiger partial charge in [0.1, 0.15) is 0 Å². The predicted molar refractivity (Wildman–Crippen MR) is 163 cm³/mol. The molecule has 192 valence electrons. The van der Waals surface area contributed by atoms with Crippen LogP contribution in [0.2, 0.25) is 0 Å². The Hall–Kier alpha value is -4.14. The van der Waals surface area contributed by atoms with E-state index >= 15 is 0 Å². The van der Waals surface area contributed by atoms with Gasteiger partial charge in [-0.05, 0) is 66.1 Å². The number of carbonyl (C=O) groups is 2. The minimum atomic E-state index is 0.0426. The summed E-state index contributed by atoms with van der Waals surface area (Å²) in [5.74, 6) is 0.876. The quantitative estimate of drug-likeness (QED) is 0.265. The first-order valence-corrected chi connectivity index (χ1v) is 14.5. The van der Waals surface area contributed by atoms with Crippen molar-refractivity contribution in [3.63, 3.8) is 0 Å². The second-order valence-corrected chi connectivity index (χ2v) is 10.9. The van der Waals surface area contributed by atoms with E-state index in [0.717, 1.165) is 29.2 Å². The summed E-state index contributed by atoms with van der Waals surface area (Å²) in [5, 5.41) is 1.40. The van der Waals surface area contributed by atoms with Gasteiger partial charge in [0.25, 0.3) is 0 Å². The summed E-state index contributed by atoms with van der Waals surface area (Å²) >= 11 is 2.92. The molecule has 39 heavy (non-hydrogen) atoms. The van der Waals surface area contributed by atoms with Crippen LogP contribution in [-0.4, -0.2) is 33.7 Å². The summed E-state index contributed by atoms with van der Waals surface area (Å²) < 4.78 is 0. The number of hydrogen-bond acceptors (Lipinski definition) is 6. The first-order valence-electron chi connectivity index (χ1n) is 12.5. The van der Waals surface area contributed by atoms with Crippen LogP contribution in [0.3, 0.4) is 0 Å². The Morgan fingerprint density at radius 2 is 0.923 bits per heavy atom. The normalized spacial score (nSPS) is 17.5. The van der Waals surface area contributed by atoms with E-state index in [1.54, 1.807) is 9.80 Å². The molecule has 8 heteroatoms.